The third-order valence-corrected chi connectivity index (χ3v) is 1.89. The smallest absolute Gasteiger partial charge is 0.106 e. The first kappa shape index (κ1) is 8.49. The lowest BCUT2D eigenvalue weighted by atomic mass is 10.0. The molecule has 0 spiro atoms. The second-order valence-electron chi connectivity index (χ2n) is 2.67. The molecule has 11 heavy (non-hydrogen) atoms. The largest absolute Gasteiger partial charge is 0.399 e. The van der Waals surface area contributed by atoms with Crippen LogP contribution >= 0.6 is 0 Å². The summed E-state index contributed by atoms with van der Waals surface area (Å²) >= 11 is 0. The van der Waals surface area contributed by atoms with Crippen LogP contribution in [-0.2, 0) is 4.84 Å². The second kappa shape index (κ2) is 4.31. The van der Waals surface area contributed by atoms with Crippen molar-refractivity contribution in [1.82, 2.24) is 5.32 Å². The van der Waals surface area contributed by atoms with Crippen LogP contribution in [-0.4, -0.2) is 32.5 Å². The van der Waals surface area contributed by atoms with Crippen molar-refractivity contribution in [3.63, 3.8) is 0 Å². The van der Waals surface area contributed by atoms with Gasteiger partial charge in [-0.3, -0.25) is 0 Å². The van der Waals surface area contributed by atoms with Crippen LogP contribution < -0.4 is 11.1 Å². The summed E-state index contributed by atoms with van der Waals surface area (Å²) in [6, 6.07) is 0. The SMILES string of the molecule is CON=C1CNCC1CCN. The van der Waals surface area contributed by atoms with E-state index in [0.717, 1.165) is 31.8 Å². The second-order valence-corrected chi connectivity index (χ2v) is 2.67. The lowest BCUT2D eigenvalue weighted by molar-refractivity contribution is 0.211. The molecule has 0 aromatic rings. The minimum absolute atomic E-state index is 0.486. The molecule has 1 unspecified atom stereocenters. The van der Waals surface area contributed by atoms with Gasteiger partial charge in [-0.2, -0.15) is 0 Å². The van der Waals surface area contributed by atoms with E-state index in [9.17, 15) is 0 Å². The molecule has 0 aromatic heterocycles. The van der Waals surface area contributed by atoms with Gasteiger partial charge in [0.25, 0.3) is 0 Å². The average Bonchev–Trinajstić information content (AvgIpc) is 2.39. The van der Waals surface area contributed by atoms with Crippen molar-refractivity contribution >= 4 is 5.71 Å². The van der Waals surface area contributed by atoms with Crippen LogP contribution in [0.2, 0.25) is 0 Å². The van der Waals surface area contributed by atoms with Gasteiger partial charge in [-0.25, -0.2) is 0 Å². The van der Waals surface area contributed by atoms with E-state index >= 15 is 0 Å². The summed E-state index contributed by atoms with van der Waals surface area (Å²) in [5, 5.41) is 7.15. The Bertz CT molecular complexity index is 147. The van der Waals surface area contributed by atoms with E-state index in [0.29, 0.717) is 5.92 Å². The molecule has 0 radical (unpaired) electrons. The lowest BCUT2D eigenvalue weighted by Crippen LogP contribution is -2.16. The van der Waals surface area contributed by atoms with Crippen molar-refractivity contribution in [2.24, 2.45) is 16.8 Å². The normalized spacial score (nSPS) is 27.8. The van der Waals surface area contributed by atoms with Gasteiger partial charge < -0.3 is 15.9 Å². The van der Waals surface area contributed by atoms with Crippen molar-refractivity contribution in [3.05, 3.63) is 0 Å². The van der Waals surface area contributed by atoms with Crippen molar-refractivity contribution in [2.75, 3.05) is 26.7 Å². The van der Waals surface area contributed by atoms with Gasteiger partial charge in [-0.05, 0) is 13.0 Å². The van der Waals surface area contributed by atoms with E-state index in [1.165, 1.54) is 0 Å². The molecule has 0 saturated carbocycles. The first-order valence-electron chi connectivity index (χ1n) is 3.89. The zero-order valence-electron chi connectivity index (χ0n) is 6.84. The minimum atomic E-state index is 0.486. The van der Waals surface area contributed by atoms with Crippen LogP contribution in [0.4, 0.5) is 0 Å². The fourth-order valence-corrected chi connectivity index (χ4v) is 1.33. The summed E-state index contributed by atoms with van der Waals surface area (Å²) < 4.78 is 0. The third kappa shape index (κ3) is 2.17. The molecule has 0 bridgehead atoms. The zero-order chi connectivity index (χ0) is 8.10. The molecule has 1 atom stereocenters. The Kier molecular flexibility index (Phi) is 3.32. The summed E-state index contributed by atoms with van der Waals surface area (Å²) in [6.07, 6.45) is 0.995. The van der Waals surface area contributed by atoms with Crippen LogP contribution in [0.15, 0.2) is 5.16 Å². The summed E-state index contributed by atoms with van der Waals surface area (Å²) in [4.78, 5) is 4.71. The van der Waals surface area contributed by atoms with E-state index in [1.807, 2.05) is 0 Å². The third-order valence-electron chi connectivity index (χ3n) is 1.89. The first-order valence-corrected chi connectivity index (χ1v) is 3.89. The molecule has 0 aromatic carbocycles. The van der Waals surface area contributed by atoms with Gasteiger partial charge in [-0.1, -0.05) is 5.16 Å². The predicted molar refractivity (Wildman–Crippen MR) is 44.5 cm³/mol. The summed E-state index contributed by atoms with van der Waals surface area (Å²) in [5.74, 6) is 0.486. The molecular weight excluding hydrogens is 142 g/mol. The van der Waals surface area contributed by atoms with Crippen molar-refractivity contribution in [1.29, 1.82) is 0 Å². The number of oxime groups is 1. The zero-order valence-corrected chi connectivity index (χ0v) is 6.84. The van der Waals surface area contributed by atoms with Crippen LogP contribution in [0.3, 0.4) is 0 Å². The number of rotatable bonds is 3. The number of hydrogen-bond donors (Lipinski definition) is 2. The van der Waals surface area contributed by atoms with E-state index in [2.05, 4.69) is 10.5 Å². The van der Waals surface area contributed by atoms with E-state index in [1.54, 1.807) is 7.11 Å². The van der Waals surface area contributed by atoms with E-state index < -0.39 is 0 Å². The number of nitrogens with two attached hydrogens (primary N) is 1. The topological polar surface area (TPSA) is 59.6 Å². The Balaban J connectivity index is 2.44. The van der Waals surface area contributed by atoms with Gasteiger partial charge in [0.15, 0.2) is 0 Å². The summed E-state index contributed by atoms with van der Waals surface area (Å²) in [5.41, 5.74) is 6.54. The van der Waals surface area contributed by atoms with Crippen molar-refractivity contribution < 1.29 is 4.84 Å². The molecule has 0 aliphatic carbocycles. The highest BCUT2D eigenvalue weighted by Crippen LogP contribution is 2.09. The van der Waals surface area contributed by atoms with Crippen molar-refractivity contribution in [3.8, 4) is 0 Å². The van der Waals surface area contributed by atoms with E-state index in [-0.39, 0.29) is 0 Å². The van der Waals surface area contributed by atoms with Gasteiger partial charge in [0.1, 0.15) is 7.11 Å². The molecule has 0 amide bonds. The molecule has 1 aliphatic rings. The Morgan fingerprint density at radius 2 is 2.64 bits per heavy atom. The van der Waals surface area contributed by atoms with Gasteiger partial charge in [-0.15, -0.1) is 0 Å². The monoisotopic (exact) mass is 157 g/mol. The maximum Gasteiger partial charge on any atom is 0.106 e. The Morgan fingerprint density at radius 1 is 1.82 bits per heavy atom. The Hall–Kier alpha value is -0.610. The van der Waals surface area contributed by atoms with Crippen LogP contribution in [0, 0.1) is 5.92 Å². The standard InChI is InChI=1S/C7H15N3O/c1-11-10-7-5-9-4-6(7)2-3-8/h6,9H,2-5,8H2,1H3. The Morgan fingerprint density at radius 3 is 3.27 bits per heavy atom. The molecule has 1 rings (SSSR count). The lowest BCUT2D eigenvalue weighted by Gasteiger charge is -2.05. The van der Waals surface area contributed by atoms with Crippen LogP contribution in [0.25, 0.3) is 0 Å². The van der Waals surface area contributed by atoms with Crippen LogP contribution in [0.1, 0.15) is 6.42 Å². The highest BCUT2D eigenvalue weighted by Gasteiger charge is 2.21. The molecule has 1 heterocycles. The average molecular weight is 157 g/mol. The highest BCUT2D eigenvalue weighted by atomic mass is 16.6. The summed E-state index contributed by atoms with van der Waals surface area (Å²) in [6.45, 7) is 2.55. The van der Waals surface area contributed by atoms with E-state index in [4.69, 9.17) is 10.6 Å². The number of nitrogens with one attached hydrogen (secondary N) is 1. The van der Waals surface area contributed by atoms with Crippen LogP contribution in [0.5, 0.6) is 0 Å². The molecular formula is C7H15N3O. The first-order chi connectivity index (χ1) is 5.38. The molecule has 64 valence electrons. The summed E-state index contributed by atoms with van der Waals surface area (Å²) in [7, 11) is 1.57. The number of nitrogens with zero attached hydrogens (tertiary/aromatic N) is 1. The molecule has 1 aliphatic heterocycles. The molecule has 4 heteroatoms. The molecule has 3 N–H and O–H groups in total. The quantitative estimate of drug-likeness (QED) is 0.546. The maximum absolute atomic E-state index is 5.44. The maximum atomic E-state index is 5.44. The highest BCUT2D eigenvalue weighted by molar-refractivity contribution is 5.90. The van der Waals surface area contributed by atoms with Crippen molar-refractivity contribution in [2.45, 2.75) is 6.42 Å². The molecule has 4 nitrogen and oxygen atoms in total. The fraction of sp³-hybridized carbons (Fsp3) is 0.857. The minimum Gasteiger partial charge on any atom is -0.399 e. The molecule has 1 saturated heterocycles. The van der Waals surface area contributed by atoms with Gasteiger partial charge in [0, 0.05) is 19.0 Å². The van der Waals surface area contributed by atoms with Gasteiger partial charge in [0.2, 0.25) is 0 Å². The van der Waals surface area contributed by atoms with Gasteiger partial charge >= 0.3 is 0 Å². The Labute approximate surface area is 66.8 Å². The molecule has 1 fully saturated rings. The predicted octanol–water partition coefficient (Wildman–Crippen LogP) is -0.443. The fourth-order valence-electron chi connectivity index (χ4n) is 1.33. The number of hydrogen-bond acceptors (Lipinski definition) is 4. The van der Waals surface area contributed by atoms with Gasteiger partial charge in [0.05, 0.1) is 5.71 Å².